The number of nitrogens with two attached hydrogens (primary N) is 1. The zero-order valence-corrected chi connectivity index (χ0v) is 10.2. The molecule has 98 valence electrons. The smallest absolute Gasteiger partial charge is 0.330 e. The van der Waals surface area contributed by atoms with Crippen LogP contribution >= 0.6 is 0 Å². The highest BCUT2D eigenvalue weighted by Crippen LogP contribution is 1.98. The summed E-state index contributed by atoms with van der Waals surface area (Å²) < 4.78 is 9.75. The average Bonchev–Trinajstić information content (AvgIpc) is 2.33. The molecule has 0 saturated carbocycles. The van der Waals surface area contributed by atoms with Crippen molar-refractivity contribution in [2.24, 2.45) is 5.73 Å². The zero-order chi connectivity index (χ0) is 12.9. The predicted octanol–water partition coefficient (Wildman–Crippen LogP) is 1.17. The molecule has 0 fully saturated rings. The van der Waals surface area contributed by atoms with E-state index in [4.69, 9.17) is 15.2 Å². The van der Waals surface area contributed by atoms with Gasteiger partial charge < -0.3 is 15.2 Å². The Morgan fingerprint density at radius 1 is 1.06 bits per heavy atom. The third-order valence-corrected chi connectivity index (χ3v) is 2.05. The van der Waals surface area contributed by atoms with Crippen molar-refractivity contribution in [3.05, 3.63) is 12.7 Å². The van der Waals surface area contributed by atoms with Gasteiger partial charge in [0.05, 0.1) is 13.2 Å². The maximum Gasteiger partial charge on any atom is 0.330 e. The molecule has 5 nitrogen and oxygen atoms in total. The van der Waals surface area contributed by atoms with Crippen LogP contribution in [0.15, 0.2) is 12.7 Å². The lowest BCUT2D eigenvalue weighted by Crippen LogP contribution is -2.08. The Hall–Kier alpha value is -1.36. The number of esters is 2. The summed E-state index contributed by atoms with van der Waals surface area (Å²) in [6, 6.07) is 0. The zero-order valence-electron chi connectivity index (χ0n) is 10.2. The van der Waals surface area contributed by atoms with Crippen LogP contribution in [0.1, 0.15) is 32.1 Å². The molecule has 0 bridgehead atoms. The lowest BCUT2D eigenvalue weighted by Gasteiger charge is -2.04. The van der Waals surface area contributed by atoms with Gasteiger partial charge in [0.25, 0.3) is 0 Å². The Labute approximate surface area is 102 Å². The first-order valence-electron chi connectivity index (χ1n) is 5.85. The summed E-state index contributed by atoms with van der Waals surface area (Å²) >= 11 is 0. The van der Waals surface area contributed by atoms with E-state index >= 15 is 0 Å². The van der Waals surface area contributed by atoms with Gasteiger partial charge in [0.1, 0.15) is 0 Å². The van der Waals surface area contributed by atoms with Gasteiger partial charge in [0.15, 0.2) is 0 Å². The molecule has 0 aliphatic rings. The lowest BCUT2D eigenvalue weighted by atomic mass is 10.2. The number of unbranched alkanes of at least 4 members (excludes halogenated alkanes) is 2. The summed E-state index contributed by atoms with van der Waals surface area (Å²) in [4.78, 5) is 21.8. The van der Waals surface area contributed by atoms with Gasteiger partial charge in [-0.05, 0) is 32.2 Å². The SMILES string of the molecule is C=CC(=O)OCCCCOC(=O)CCCCN. The quantitative estimate of drug-likeness (QED) is 0.354. The third kappa shape index (κ3) is 10.9. The number of hydrogen-bond donors (Lipinski definition) is 1. The molecule has 0 rings (SSSR count). The van der Waals surface area contributed by atoms with Crippen LogP contribution in [0.3, 0.4) is 0 Å². The van der Waals surface area contributed by atoms with Gasteiger partial charge in [0.2, 0.25) is 0 Å². The van der Waals surface area contributed by atoms with Crippen LogP contribution in [-0.2, 0) is 19.1 Å². The second-order valence-electron chi connectivity index (χ2n) is 3.54. The number of carbonyl (C=O) groups is 2. The van der Waals surface area contributed by atoms with Crippen molar-refractivity contribution in [2.45, 2.75) is 32.1 Å². The van der Waals surface area contributed by atoms with Crippen LogP contribution in [0.2, 0.25) is 0 Å². The van der Waals surface area contributed by atoms with Gasteiger partial charge >= 0.3 is 11.9 Å². The molecule has 0 radical (unpaired) electrons. The number of carbonyl (C=O) groups excluding carboxylic acids is 2. The molecule has 17 heavy (non-hydrogen) atoms. The second-order valence-corrected chi connectivity index (χ2v) is 3.54. The molecule has 0 heterocycles. The first-order chi connectivity index (χ1) is 8.20. The van der Waals surface area contributed by atoms with E-state index in [9.17, 15) is 9.59 Å². The molecule has 0 aliphatic heterocycles. The summed E-state index contributed by atoms with van der Waals surface area (Å²) in [5.74, 6) is -0.620. The van der Waals surface area contributed by atoms with Gasteiger partial charge in [0, 0.05) is 12.5 Å². The second kappa shape index (κ2) is 11.1. The summed E-state index contributed by atoms with van der Waals surface area (Å²) in [6.07, 6.45) is 4.52. The fourth-order valence-electron chi connectivity index (χ4n) is 1.11. The number of hydrogen-bond acceptors (Lipinski definition) is 5. The van der Waals surface area contributed by atoms with E-state index < -0.39 is 5.97 Å². The van der Waals surface area contributed by atoms with Crippen LogP contribution < -0.4 is 5.73 Å². The van der Waals surface area contributed by atoms with Crippen molar-refractivity contribution in [1.29, 1.82) is 0 Å². The third-order valence-electron chi connectivity index (χ3n) is 2.05. The Morgan fingerprint density at radius 3 is 2.29 bits per heavy atom. The summed E-state index contributed by atoms with van der Waals surface area (Å²) in [7, 11) is 0. The molecular formula is C12H21NO4. The largest absolute Gasteiger partial charge is 0.466 e. The number of ether oxygens (including phenoxy) is 2. The maximum absolute atomic E-state index is 11.1. The van der Waals surface area contributed by atoms with E-state index in [1.807, 2.05) is 0 Å². The fraction of sp³-hybridized carbons (Fsp3) is 0.667. The molecule has 0 aromatic carbocycles. The minimum atomic E-state index is -0.427. The molecule has 0 aliphatic carbocycles. The molecule has 0 aromatic rings. The Morgan fingerprint density at radius 2 is 1.71 bits per heavy atom. The van der Waals surface area contributed by atoms with Gasteiger partial charge in [-0.3, -0.25) is 4.79 Å². The highest BCUT2D eigenvalue weighted by Gasteiger charge is 2.02. The predicted molar refractivity (Wildman–Crippen MR) is 64.3 cm³/mol. The molecule has 0 amide bonds. The van der Waals surface area contributed by atoms with Gasteiger partial charge in [-0.1, -0.05) is 6.58 Å². The summed E-state index contributed by atoms with van der Waals surface area (Å²) in [5.41, 5.74) is 5.31. The molecule has 0 saturated heterocycles. The average molecular weight is 243 g/mol. The Kier molecular flexibility index (Phi) is 10.2. The van der Waals surface area contributed by atoms with Crippen LogP contribution in [0.4, 0.5) is 0 Å². The first-order valence-corrected chi connectivity index (χ1v) is 5.85. The molecular weight excluding hydrogens is 222 g/mol. The van der Waals surface area contributed by atoms with E-state index in [1.165, 1.54) is 0 Å². The minimum absolute atomic E-state index is 0.193. The Balaban J connectivity index is 3.24. The molecule has 0 aromatic heterocycles. The van der Waals surface area contributed by atoms with E-state index in [-0.39, 0.29) is 5.97 Å². The van der Waals surface area contributed by atoms with E-state index in [1.54, 1.807) is 0 Å². The number of rotatable bonds is 10. The summed E-state index contributed by atoms with van der Waals surface area (Å²) in [5, 5.41) is 0. The topological polar surface area (TPSA) is 78.6 Å². The van der Waals surface area contributed by atoms with Gasteiger partial charge in [-0.25, -0.2) is 4.79 Å². The summed E-state index contributed by atoms with van der Waals surface area (Å²) in [6.45, 7) is 4.58. The van der Waals surface area contributed by atoms with Gasteiger partial charge in [-0.15, -0.1) is 0 Å². The van der Waals surface area contributed by atoms with E-state index in [2.05, 4.69) is 6.58 Å². The molecule has 0 spiro atoms. The maximum atomic E-state index is 11.1. The van der Waals surface area contributed by atoms with Crippen molar-refractivity contribution in [2.75, 3.05) is 19.8 Å². The van der Waals surface area contributed by atoms with E-state index in [0.717, 1.165) is 18.9 Å². The normalized spacial score (nSPS) is 9.71. The van der Waals surface area contributed by atoms with Crippen LogP contribution in [-0.4, -0.2) is 31.7 Å². The van der Waals surface area contributed by atoms with Crippen molar-refractivity contribution in [3.63, 3.8) is 0 Å². The molecule has 2 N–H and O–H groups in total. The molecule has 0 atom stereocenters. The lowest BCUT2D eigenvalue weighted by molar-refractivity contribution is -0.144. The van der Waals surface area contributed by atoms with Crippen molar-refractivity contribution in [1.82, 2.24) is 0 Å². The minimum Gasteiger partial charge on any atom is -0.466 e. The van der Waals surface area contributed by atoms with Crippen LogP contribution in [0, 0.1) is 0 Å². The van der Waals surface area contributed by atoms with Gasteiger partial charge in [-0.2, -0.15) is 0 Å². The van der Waals surface area contributed by atoms with Crippen LogP contribution in [0.5, 0.6) is 0 Å². The van der Waals surface area contributed by atoms with Crippen molar-refractivity contribution < 1.29 is 19.1 Å². The van der Waals surface area contributed by atoms with E-state index in [0.29, 0.717) is 39.0 Å². The van der Waals surface area contributed by atoms with Crippen molar-refractivity contribution >= 4 is 11.9 Å². The molecule has 0 unspecified atom stereocenters. The fourth-order valence-corrected chi connectivity index (χ4v) is 1.11. The highest BCUT2D eigenvalue weighted by molar-refractivity contribution is 5.81. The molecule has 5 heteroatoms. The monoisotopic (exact) mass is 243 g/mol. The Bertz CT molecular complexity index is 241. The first kappa shape index (κ1) is 15.6. The standard InChI is InChI=1S/C12H21NO4/c1-2-11(14)16-9-5-6-10-17-12(15)7-3-4-8-13/h2H,1,3-10,13H2. The van der Waals surface area contributed by atoms with Crippen LogP contribution in [0.25, 0.3) is 0 Å². The highest BCUT2D eigenvalue weighted by atomic mass is 16.5. The van der Waals surface area contributed by atoms with Crippen molar-refractivity contribution in [3.8, 4) is 0 Å².